The number of benzene rings is 1. The summed E-state index contributed by atoms with van der Waals surface area (Å²) in [4.78, 5) is 17.2. The van der Waals surface area contributed by atoms with E-state index in [-0.39, 0.29) is 5.91 Å². The van der Waals surface area contributed by atoms with Crippen LogP contribution in [0, 0.1) is 0 Å². The molecule has 1 aromatic rings. The average molecular weight is 336 g/mol. The number of hydrogen-bond acceptors (Lipinski definition) is 5. The maximum absolute atomic E-state index is 12.9. The first-order valence-corrected chi connectivity index (χ1v) is 8.27. The van der Waals surface area contributed by atoms with Gasteiger partial charge >= 0.3 is 0 Å². The van der Waals surface area contributed by atoms with Crippen molar-refractivity contribution < 1.29 is 19.0 Å². The molecule has 0 aromatic heterocycles. The Balaban J connectivity index is 2.13. The van der Waals surface area contributed by atoms with Gasteiger partial charge in [0.2, 0.25) is 0 Å². The molecule has 1 aliphatic heterocycles. The second-order valence-corrected chi connectivity index (χ2v) is 6.24. The zero-order chi connectivity index (χ0) is 17.7. The number of piperazine rings is 1. The predicted octanol–water partition coefficient (Wildman–Crippen LogP) is 1.88. The summed E-state index contributed by atoms with van der Waals surface area (Å²) in [5, 5.41) is 0. The van der Waals surface area contributed by atoms with Crippen molar-refractivity contribution in [1.29, 1.82) is 0 Å². The monoisotopic (exact) mass is 336 g/mol. The summed E-state index contributed by atoms with van der Waals surface area (Å²) in [7, 11) is 4.88. The van der Waals surface area contributed by atoms with Gasteiger partial charge in [-0.3, -0.25) is 9.69 Å². The zero-order valence-electron chi connectivity index (χ0n) is 15.2. The van der Waals surface area contributed by atoms with Crippen molar-refractivity contribution >= 4 is 5.91 Å². The molecule has 0 spiro atoms. The van der Waals surface area contributed by atoms with Gasteiger partial charge in [0.15, 0.2) is 0 Å². The van der Waals surface area contributed by atoms with Crippen LogP contribution in [0.25, 0.3) is 0 Å². The Morgan fingerprint density at radius 1 is 1.04 bits per heavy atom. The van der Waals surface area contributed by atoms with E-state index < -0.39 is 0 Å². The summed E-state index contributed by atoms with van der Waals surface area (Å²) < 4.78 is 15.7. The number of carbonyl (C=O) groups is 1. The van der Waals surface area contributed by atoms with Crippen LogP contribution in [-0.4, -0.2) is 75.4 Å². The summed E-state index contributed by atoms with van der Waals surface area (Å²) in [6.07, 6.45) is 0. The van der Waals surface area contributed by atoms with Crippen molar-refractivity contribution in [3.05, 3.63) is 23.8 Å². The Kier molecular flexibility index (Phi) is 6.45. The topological polar surface area (TPSA) is 51.2 Å². The smallest absolute Gasteiger partial charge is 0.254 e. The lowest BCUT2D eigenvalue weighted by molar-refractivity contribution is 0.0193. The highest BCUT2D eigenvalue weighted by Crippen LogP contribution is 2.25. The van der Waals surface area contributed by atoms with Crippen LogP contribution in [0.4, 0.5) is 0 Å². The third-order valence-corrected chi connectivity index (χ3v) is 4.54. The van der Waals surface area contributed by atoms with Gasteiger partial charge in [-0.05, 0) is 26.0 Å². The van der Waals surface area contributed by atoms with Crippen molar-refractivity contribution in [2.75, 3.05) is 47.6 Å². The molecule has 0 bridgehead atoms. The van der Waals surface area contributed by atoms with Gasteiger partial charge in [-0.1, -0.05) is 0 Å². The summed E-state index contributed by atoms with van der Waals surface area (Å²) in [6, 6.07) is 5.88. The quantitative estimate of drug-likeness (QED) is 0.794. The lowest BCUT2D eigenvalue weighted by atomic mass is 10.1. The average Bonchev–Trinajstić information content (AvgIpc) is 2.59. The maximum Gasteiger partial charge on any atom is 0.254 e. The summed E-state index contributed by atoms with van der Waals surface area (Å²) >= 11 is 0. The number of rotatable bonds is 6. The molecule has 0 radical (unpaired) electrons. The van der Waals surface area contributed by atoms with Gasteiger partial charge in [-0.2, -0.15) is 0 Å². The molecule has 1 amide bonds. The van der Waals surface area contributed by atoms with Crippen LogP contribution in [0.1, 0.15) is 24.2 Å². The van der Waals surface area contributed by atoms with Gasteiger partial charge < -0.3 is 19.1 Å². The third kappa shape index (κ3) is 4.19. The second-order valence-electron chi connectivity index (χ2n) is 6.24. The molecule has 0 saturated carbocycles. The van der Waals surface area contributed by atoms with Gasteiger partial charge in [0, 0.05) is 50.5 Å². The van der Waals surface area contributed by atoms with E-state index in [1.165, 1.54) is 0 Å². The fourth-order valence-electron chi connectivity index (χ4n) is 3.27. The van der Waals surface area contributed by atoms with E-state index in [9.17, 15) is 4.79 Å². The van der Waals surface area contributed by atoms with E-state index in [0.29, 0.717) is 48.8 Å². The molecule has 0 aliphatic carbocycles. The van der Waals surface area contributed by atoms with Gasteiger partial charge in [-0.15, -0.1) is 0 Å². The number of methoxy groups -OCH3 is 3. The molecule has 0 N–H and O–H groups in total. The van der Waals surface area contributed by atoms with E-state index in [0.717, 1.165) is 6.54 Å². The van der Waals surface area contributed by atoms with Crippen LogP contribution in [0.2, 0.25) is 0 Å². The molecular weight excluding hydrogens is 308 g/mol. The van der Waals surface area contributed by atoms with E-state index in [2.05, 4.69) is 18.7 Å². The molecule has 6 heteroatoms. The van der Waals surface area contributed by atoms with E-state index in [1.807, 2.05) is 4.90 Å². The van der Waals surface area contributed by atoms with Crippen LogP contribution in [0.3, 0.4) is 0 Å². The number of ether oxygens (including phenoxy) is 3. The molecule has 1 saturated heterocycles. The van der Waals surface area contributed by atoms with Gasteiger partial charge in [0.1, 0.15) is 11.5 Å². The van der Waals surface area contributed by atoms with E-state index in [1.54, 1.807) is 39.5 Å². The van der Waals surface area contributed by atoms with E-state index in [4.69, 9.17) is 14.2 Å². The van der Waals surface area contributed by atoms with Gasteiger partial charge in [0.05, 0.1) is 20.8 Å². The highest BCUT2D eigenvalue weighted by atomic mass is 16.5. The first-order chi connectivity index (χ1) is 11.5. The molecule has 2 atom stereocenters. The summed E-state index contributed by atoms with van der Waals surface area (Å²) in [5.74, 6) is 1.26. The Hall–Kier alpha value is -1.79. The normalized spacial score (nSPS) is 21.6. The minimum Gasteiger partial charge on any atom is -0.497 e. The van der Waals surface area contributed by atoms with Crippen LogP contribution in [-0.2, 0) is 4.74 Å². The number of amides is 1. The fraction of sp³-hybridized carbons (Fsp3) is 0.611. The van der Waals surface area contributed by atoms with Crippen molar-refractivity contribution in [3.8, 4) is 11.5 Å². The van der Waals surface area contributed by atoms with Crippen molar-refractivity contribution in [1.82, 2.24) is 9.80 Å². The number of carbonyl (C=O) groups excluding carboxylic acids is 1. The molecule has 1 aliphatic rings. The highest BCUT2D eigenvalue weighted by Gasteiger charge is 2.32. The first-order valence-electron chi connectivity index (χ1n) is 8.27. The third-order valence-electron chi connectivity index (χ3n) is 4.54. The van der Waals surface area contributed by atoms with Crippen molar-refractivity contribution in [2.24, 2.45) is 0 Å². The Morgan fingerprint density at radius 3 is 2.04 bits per heavy atom. The van der Waals surface area contributed by atoms with Crippen molar-refractivity contribution in [3.63, 3.8) is 0 Å². The number of hydrogen-bond donors (Lipinski definition) is 0. The first kappa shape index (κ1) is 18.5. The Labute approximate surface area is 144 Å². The van der Waals surface area contributed by atoms with Crippen LogP contribution >= 0.6 is 0 Å². The van der Waals surface area contributed by atoms with Gasteiger partial charge in [-0.25, -0.2) is 0 Å². The fourth-order valence-corrected chi connectivity index (χ4v) is 3.27. The summed E-state index contributed by atoms with van der Waals surface area (Å²) in [6.45, 7) is 7.29. The van der Waals surface area contributed by atoms with Crippen LogP contribution < -0.4 is 9.47 Å². The minimum atomic E-state index is 0.0114. The highest BCUT2D eigenvalue weighted by molar-refractivity contribution is 5.95. The second kappa shape index (κ2) is 8.35. The lowest BCUT2D eigenvalue weighted by Crippen LogP contribution is -2.58. The van der Waals surface area contributed by atoms with Gasteiger partial charge in [0.25, 0.3) is 5.91 Å². The molecule has 1 fully saturated rings. The standard InChI is InChI=1S/C18H28N2O4/c1-13-11-19(12-14(2)20(13)6-7-22-3)18(21)15-8-16(23-4)10-17(9-15)24-5/h8-10,13-14H,6-7,11-12H2,1-5H3. The molecular formula is C18H28N2O4. The largest absolute Gasteiger partial charge is 0.497 e. The molecule has 1 heterocycles. The van der Waals surface area contributed by atoms with Crippen LogP contribution in [0.15, 0.2) is 18.2 Å². The molecule has 134 valence electrons. The van der Waals surface area contributed by atoms with Crippen LogP contribution in [0.5, 0.6) is 11.5 Å². The van der Waals surface area contributed by atoms with E-state index >= 15 is 0 Å². The zero-order valence-corrected chi connectivity index (χ0v) is 15.2. The molecule has 2 rings (SSSR count). The lowest BCUT2D eigenvalue weighted by Gasteiger charge is -2.44. The maximum atomic E-state index is 12.9. The molecule has 2 unspecified atom stereocenters. The minimum absolute atomic E-state index is 0.0114. The predicted molar refractivity (Wildman–Crippen MR) is 93.0 cm³/mol. The Morgan fingerprint density at radius 2 is 1.58 bits per heavy atom. The Bertz CT molecular complexity index is 530. The SMILES string of the molecule is COCCN1C(C)CN(C(=O)c2cc(OC)cc(OC)c2)CC1C. The molecule has 24 heavy (non-hydrogen) atoms. The molecule has 6 nitrogen and oxygen atoms in total. The summed E-state index contributed by atoms with van der Waals surface area (Å²) in [5.41, 5.74) is 0.593. The van der Waals surface area contributed by atoms with Crippen molar-refractivity contribution in [2.45, 2.75) is 25.9 Å². The molecule has 1 aromatic carbocycles. The number of nitrogens with zero attached hydrogens (tertiary/aromatic N) is 2.